The zero-order chi connectivity index (χ0) is 15.1. The van der Waals surface area contributed by atoms with Crippen molar-refractivity contribution in [3.63, 3.8) is 0 Å². The molecule has 0 bridgehead atoms. The molecule has 0 spiro atoms. The summed E-state index contributed by atoms with van der Waals surface area (Å²) in [5.74, 6) is -1.10. The molecule has 0 saturated heterocycles. The van der Waals surface area contributed by atoms with E-state index < -0.39 is 12.0 Å². The minimum atomic E-state index is -1.10. The molecule has 0 saturated carbocycles. The highest BCUT2D eigenvalue weighted by Gasteiger charge is 2.15. The van der Waals surface area contributed by atoms with Crippen molar-refractivity contribution >= 4 is 33.6 Å². The number of anilines is 1. The molecule has 0 radical (unpaired) electrons. The lowest BCUT2D eigenvalue weighted by Gasteiger charge is -2.21. The molecule has 1 aromatic carbocycles. The van der Waals surface area contributed by atoms with Crippen molar-refractivity contribution in [2.45, 2.75) is 0 Å². The van der Waals surface area contributed by atoms with Gasteiger partial charge in [-0.2, -0.15) is 0 Å². The topological polar surface area (TPSA) is 110 Å². The Labute approximate surface area is 124 Å². The quantitative estimate of drug-likeness (QED) is 0.613. The Morgan fingerprint density at radius 2 is 1.80 bits per heavy atom. The van der Waals surface area contributed by atoms with Crippen molar-refractivity contribution in [2.24, 2.45) is 0 Å². The maximum absolute atomic E-state index is 12.0. The molecule has 0 aromatic heterocycles. The Balaban J connectivity index is 2.87. The summed E-state index contributed by atoms with van der Waals surface area (Å²) in [4.78, 5) is 24.1. The van der Waals surface area contributed by atoms with Crippen molar-refractivity contribution in [2.75, 3.05) is 31.6 Å². The summed E-state index contributed by atoms with van der Waals surface area (Å²) in [5.41, 5.74) is 0.343. The molecule has 0 aliphatic rings. The molecule has 20 heavy (non-hydrogen) atoms. The summed E-state index contributed by atoms with van der Waals surface area (Å²) in [6.07, 6.45) is 0. The number of carbonyl (C=O) groups excluding carboxylic acids is 1. The van der Waals surface area contributed by atoms with E-state index in [1.165, 1.54) is 23.1 Å². The standard InChI is InChI=1S/C12H15BrN2O5/c13-9-2-1-8(11(18)19)7-10(9)14-12(20)15(3-5-16)4-6-17/h1-2,7,16-17H,3-6H2,(H,14,20)(H,18,19). The first-order chi connectivity index (χ1) is 9.49. The molecule has 0 aliphatic carbocycles. The predicted molar refractivity (Wildman–Crippen MR) is 75.9 cm³/mol. The van der Waals surface area contributed by atoms with E-state index in [2.05, 4.69) is 21.2 Å². The van der Waals surface area contributed by atoms with Gasteiger partial charge in [0.2, 0.25) is 0 Å². The second kappa shape index (κ2) is 7.83. The van der Waals surface area contributed by atoms with Gasteiger partial charge in [-0.1, -0.05) is 0 Å². The second-order valence-electron chi connectivity index (χ2n) is 3.86. The van der Waals surface area contributed by atoms with Crippen LogP contribution in [0.5, 0.6) is 0 Å². The number of hydrogen-bond donors (Lipinski definition) is 4. The van der Waals surface area contributed by atoms with E-state index in [0.29, 0.717) is 10.2 Å². The molecule has 4 N–H and O–H groups in total. The average molecular weight is 347 g/mol. The fourth-order valence-corrected chi connectivity index (χ4v) is 1.85. The number of hydrogen-bond acceptors (Lipinski definition) is 4. The lowest BCUT2D eigenvalue weighted by Crippen LogP contribution is -2.39. The van der Waals surface area contributed by atoms with Crippen molar-refractivity contribution in [1.82, 2.24) is 4.90 Å². The SMILES string of the molecule is O=C(O)c1ccc(Br)c(NC(=O)N(CCO)CCO)c1. The minimum Gasteiger partial charge on any atom is -0.478 e. The second-order valence-corrected chi connectivity index (χ2v) is 4.72. The number of nitrogens with one attached hydrogen (secondary N) is 1. The lowest BCUT2D eigenvalue weighted by molar-refractivity contribution is 0.0697. The number of amides is 2. The number of aliphatic hydroxyl groups excluding tert-OH is 2. The van der Waals surface area contributed by atoms with Gasteiger partial charge in [0.25, 0.3) is 0 Å². The van der Waals surface area contributed by atoms with Crippen LogP contribution in [0, 0.1) is 0 Å². The van der Waals surface area contributed by atoms with E-state index in [0.717, 1.165) is 0 Å². The van der Waals surface area contributed by atoms with Gasteiger partial charge < -0.3 is 25.5 Å². The van der Waals surface area contributed by atoms with E-state index in [1.807, 2.05) is 0 Å². The van der Waals surface area contributed by atoms with Crippen LogP contribution < -0.4 is 5.32 Å². The zero-order valence-electron chi connectivity index (χ0n) is 10.5. The fraction of sp³-hybridized carbons (Fsp3) is 0.333. The van der Waals surface area contributed by atoms with Crippen molar-refractivity contribution in [3.8, 4) is 0 Å². The van der Waals surface area contributed by atoms with Crippen molar-refractivity contribution in [3.05, 3.63) is 28.2 Å². The highest BCUT2D eigenvalue weighted by atomic mass is 79.9. The molecule has 8 heteroatoms. The van der Waals surface area contributed by atoms with Gasteiger partial charge in [0.1, 0.15) is 0 Å². The number of urea groups is 1. The molecule has 2 amide bonds. The largest absolute Gasteiger partial charge is 0.478 e. The van der Waals surface area contributed by atoms with E-state index >= 15 is 0 Å². The van der Waals surface area contributed by atoms with E-state index in [9.17, 15) is 9.59 Å². The van der Waals surface area contributed by atoms with Crippen LogP contribution >= 0.6 is 15.9 Å². The van der Waals surface area contributed by atoms with Crippen LogP contribution in [-0.2, 0) is 0 Å². The first-order valence-corrected chi connectivity index (χ1v) is 6.59. The first-order valence-electron chi connectivity index (χ1n) is 5.80. The molecular weight excluding hydrogens is 332 g/mol. The Morgan fingerprint density at radius 3 is 2.30 bits per heavy atom. The number of carboxylic acid groups (broad SMARTS) is 1. The molecule has 1 rings (SSSR count). The summed E-state index contributed by atoms with van der Waals surface area (Å²) in [5, 5.41) is 29.2. The number of carboxylic acids is 1. The third-order valence-electron chi connectivity index (χ3n) is 2.48. The molecule has 1 aromatic rings. The van der Waals surface area contributed by atoms with Gasteiger partial charge >= 0.3 is 12.0 Å². The zero-order valence-corrected chi connectivity index (χ0v) is 12.1. The summed E-state index contributed by atoms with van der Waals surface area (Å²) in [6, 6.07) is 3.71. The lowest BCUT2D eigenvalue weighted by atomic mass is 10.2. The van der Waals surface area contributed by atoms with Gasteiger partial charge in [0, 0.05) is 17.6 Å². The smallest absolute Gasteiger partial charge is 0.335 e. The summed E-state index contributed by atoms with van der Waals surface area (Å²) in [7, 11) is 0. The van der Waals surface area contributed by atoms with Gasteiger partial charge in [0.05, 0.1) is 24.5 Å². The van der Waals surface area contributed by atoms with Crippen LogP contribution in [0.1, 0.15) is 10.4 Å². The first kappa shape index (κ1) is 16.4. The monoisotopic (exact) mass is 346 g/mol. The summed E-state index contributed by atoms with van der Waals surface area (Å²) >= 11 is 3.21. The number of halogens is 1. The maximum atomic E-state index is 12.0. The van der Waals surface area contributed by atoms with Crippen LogP contribution in [0.3, 0.4) is 0 Å². The molecule has 0 heterocycles. The number of aromatic carboxylic acids is 1. The molecule has 0 atom stereocenters. The molecule has 0 fully saturated rings. The number of benzene rings is 1. The molecular formula is C12H15BrN2O5. The Bertz CT molecular complexity index is 489. The number of rotatable bonds is 6. The molecule has 0 aliphatic heterocycles. The van der Waals surface area contributed by atoms with Gasteiger partial charge in [-0.3, -0.25) is 0 Å². The molecule has 7 nitrogen and oxygen atoms in total. The third-order valence-corrected chi connectivity index (χ3v) is 3.17. The normalized spacial score (nSPS) is 10.2. The highest BCUT2D eigenvalue weighted by molar-refractivity contribution is 9.10. The van der Waals surface area contributed by atoms with Crippen LogP contribution in [-0.4, -0.2) is 58.5 Å². The summed E-state index contributed by atoms with van der Waals surface area (Å²) in [6.45, 7) is -0.321. The maximum Gasteiger partial charge on any atom is 0.335 e. The van der Waals surface area contributed by atoms with E-state index in [-0.39, 0.29) is 31.9 Å². The third kappa shape index (κ3) is 4.48. The van der Waals surface area contributed by atoms with E-state index in [1.54, 1.807) is 0 Å². The molecule has 110 valence electrons. The van der Waals surface area contributed by atoms with Gasteiger partial charge in [-0.05, 0) is 34.1 Å². The predicted octanol–water partition coefficient (Wildman–Crippen LogP) is 0.966. The van der Waals surface area contributed by atoms with Gasteiger partial charge in [-0.15, -0.1) is 0 Å². The Hall–Kier alpha value is -1.64. The minimum absolute atomic E-state index is 0.0411. The van der Waals surface area contributed by atoms with Crippen LogP contribution in [0.2, 0.25) is 0 Å². The van der Waals surface area contributed by atoms with Crippen molar-refractivity contribution in [1.29, 1.82) is 0 Å². The van der Waals surface area contributed by atoms with Crippen LogP contribution in [0.15, 0.2) is 22.7 Å². The van der Waals surface area contributed by atoms with Crippen LogP contribution in [0.25, 0.3) is 0 Å². The fourth-order valence-electron chi connectivity index (χ4n) is 1.50. The Morgan fingerprint density at radius 1 is 1.20 bits per heavy atom. The average Bonchev–Trinajstić information content (AvgIpc) is 2.40. The number of carbonyl (C=O) groups is 2. The number of aliphatic hydroxyl groups is 2. The summed E-state index contributed by atoms with van der Waals surface area (Å²) < 4.78 is 0.531. The molecule has 0 unspecified atom stereocenters. The number of nitrogens with zero attached hydrogens (tertiary/aromatic N) is 1. The van der Waals surface area contributed by atoms with E-state index in [4.69, 9.17) is 15.3 Å². The Kier molecular flexibility index (Phi) is 6.43. The van der Waals surface area contributed by atoms with Crippen LogP contribution in [0.4, 0.5) is 10.5 Å². The highest BCUT2D eigenvalue weighted by Crippen LogP contribution is 2.24. The van der Waals surface area contributed by atoms with Gasteiger partial charge in [0.15, 0.2) is 0 Å². The van der Waals surface area contributed by atoms with Gasteiger partial charge in [-0.25, -0.2) is 9.59 Å². The van der Waals surface area contributed by atoms with Crippen molar-refractivity contribution < 1.29 is 24.9 Å².